The fourth-order valence-corrected chi connectivity index (χ4v) is 2.38. The van der Waals surface area contributed by atoms with E-state index in [1.54, 1.807) is 0 Å². The molecule has 0 amide bonds. The lowest BCUT2D eigenvalue weighted by atomic mass is 10.0. The van der Waals surface area contributed by atoms with Crippen LogP contribution in [-0.4, -0.2) is 6.61 Å². The maximum absolute atomic E-state index is 6.05. The van der Waals surface area contributed by atoms with Crippen molar-refractivity contribution in [2.24, 2.45) is 0 Å². The van der Waals surface area contributed by atoms with Crippen LogP contribution in [-0.2, 0) is 0 Å². The van der Waals surface area contributed by atoms with Crippen molar-refractivity contribution in [1.82, 2.24) is 0 Å². The van der Waals surface area contributed by atoms with Gasteiger partial charge >= 0.3 is 0 Å². The second kappa shape index (κ2) is 5.31. The number of fused-ring (bicyclic) bond motifs is 2. The zero-order chi connectivity index (χ0) is 13.1. The highest BCUT2D eigenvalue weighted by atomic mass is 16.5. The molecule has 3 rings (SSSR count). The number of unbranched alkanes of at least 4 members (excludes halogenated alkanes) is 1. The molecule has 3 aromatic carbocycles. The van der Waals surface area contributed by atoms with Crippen molar-refractivity contribution >= 4 is 21.5 Å². The van der Waals surface area contributed by atoms with E-state index in [1.165, 1.54) is 16.2 Å². The molecule has 0 unspecified atom stereocenters. The fourth-order valence-electron chi connectivity index (χ4n) is 2.38. The van der Waals surface area contributed by atoms with Gasteiger partial charge in [0.2, 0.25) is 0 Å². The normalized spacial score (nSPS) is 11.0. The molecule has 1 radical (unpaired) electrons. The third-order valence-electron chi connectivity index (χ3n) is 3.40. The maximum atomic E-state index is 6.05. The van der Waals surface area contributed by atoms with E-state index in [0.29, 0.717) is 0 Å². The summed E-state index contributed by atoms with van der Waals surface area (Å²) in [6, 6.07) is 19.8. The molecular formula is C18H17O. The van der Waals surface area contributed by atoms with E-state index in [2.05, 4.69) is 49.4 Å². The van der Waals surface area contributed by atoms with Crippen LogP contribution < -0.4 is 4.74 Å². The van der Waals surface area contributed by atoms with Gasteiger partial charge in [-0.25, -0.2) is 0 Å². The number of hydrogen-bond donors (Lipinski definition) is 0. The number of ether oxygens (including phenoxy) is 1. The second-order valence-electron chi connectivity index (χ2n) is 4.78. The van der Waals surface area contributed by atoms with E-state index in [4.69, 9.17) is 4.74 Å². The van der Waals surface area contributed by atoms with Crippen molar-refractivity contribution in [2.45, 2.75) is 19.8 Å². The van der Waals surface area contributed by atoms with E-state index in [9.17, 15) is 0 Å². The Balaban J connectivity index is 2.21. The molecular weight excluding hydrogens is 232 g/mol. The van der Waals surface area contributed by atoms with E-state index >= 15 is 0 Å². The molecule has 0 aliphatic rings. The molecule has 0 aliphatic heterocycles. The minimum absolute atomic E-state index is 0.772. The van der Waals surface area contributed by atoms with E-state index in [0.717, 1.165) is 30.6 Å². The zero-order valence-corrected chi connectivity index (χ0v) is 11.1. The summed E-state index contributed by atoms with van der Waals surface area (Å²) in [4.78, 5) is 0. The first-order valence-corrected chi connectivity index (χ1v) is 6.84. The molecule has 0 saturated heterocycles. The van der Waals surface area contributed by atoms with Crippen LogP contribution in [0.5, 0.6) is 5.75 Å². The first-order chi connectivity index (χ1) is 9.40. The van der Waals surface area contributed by atoms with Gasteiger partial charge in [-0.15, -0.1) is 0 Å². The highest BCUT2D eigenvalue weighted by Crippen LogP contribution is 2.34. The fraction of sp³-hybridized carbons (Fsp3) is 0.222. The van der Waals surface area contributed by atoms with Crippen LogP contribution in [0.4, 0.5) is 0 Å². The minimum atomic E-state index is 0.772. The van der Waals surface area contributed by atoms with Gasteiger partial charge in [-0.2, -0.15) is 0 Å². The predicted octanol–water partition coefficient (Wildman–Crippen LogP) is 4.97. The summed E-state index contributed by atoms with van der Waals surface area (Å²) in [7, 11) is 0. The zero-order valence-electron chi connectivity index (χ0n) is 11.1. The van der Waals surface area contributed by atoms with Crippen molar-refractivity contribution < 1.29 is 4.74 Å². The minimum Gasteiger partial charge on any atom is -0.492 e. The average Bonchev–Trinajstić information content (AvgIpc) is 2.46. The van der Waals surface area contributed by atoms with Gasteiger partial charge in [0.1, 0.15) is 5.75 Å². The third kappa shape index (κ3) is 2.28. The molecule has 0 bridgehead atoms. The van der Waals surface area contributed by atoms with Crippen LogP contribution in [0.3, 0.4) is 0 Å². The molecule has 0 saturated carbocycles. The first kappa shape index (κ1) is 12.0. The summed E-state index contributed by atoms with van der Waals surface area (Å²) in [5.74, 6) is 0.999. The van der Waals surface area contributed by atoms with Gasteiger partial charge in [0.15, 0.2) is 0 Å². The quantitative estimate of drug-likeness (QED) is 0.468. The predicted molar refractivity (Wildman–Crippen MR) is 80.7 cm³/mol. The second-order valence-corrected chi connectivity index (χ2v) is 4.78. The Labute approximate surface area is 113 Å². The van der Waals surface area contributed by atoms with Crippen molar-refractivity contribution in [2.75, 3.05) is 6.61 Å². The van der Waals surface area contributed by atoms with Crippen LogP contribution in [0.2, 0.25) is 0 Å². The molecule has 3 aromatic rings. The van der Waals surface area contributed by atoms with Gasteiger partial charge in [-0.3, -0.25) is 0 Å². The van der Waals surface area contributed by atoms with Gasteiger partial charge < -0.3 is 4.74 Å². The number of rotatable bonds is 4. The van der Waals surface area contributed by atoms with Crippen LogP contribution in [0.15, 0.2) is 48.5 Å². The van der Waals surface area contributed by atoms with Gasteiger partial charge in [-0.1, -0.05) is 49.7 Å². The third-order valence-corrected chi connectivity index (χ3v) is 3.40. The van der Waals surface area contributed by atoms with Crippen LogP contribution in [0.1, 0.15) is 19.8 Å². The molecule has 95 valence electrons. The lowest BCUT2D eigenvalue weighted by Crippen LogP contribution is -1.98. The summed E-state index contributed by atoms with van der Waals surface area (Å²) in [6.45, 7) is 2.95. The van der Waals surface area contributed by atoms with Crippen molar-refractivity contribution in [3.8, 4) is 5.75 Å². The van der Waals surface area contributed by atoms with E-state index < -0.39 is 0 Å². The number of hydrogen-bond acceptors (Lipinski definition) is 1. The smallest absolute Gasteiger partial charge is 0.134 e. The van der Waals surface area contributed by atoms with Crippen LogP contribution in [0, 0.1) is 6.07 Å². The lowest BCUT2D eigenvalue weighted by molar-refractivity contribution is 0.316. The molecule has 19 heavy (non-hydrogen) atoms. The number of benzene rings is 3. The Morgan fingerprint density at radius 2 is 1.89 bits per heavy atom. The monoisotopic (exact) mass is 249 g/mol. The van der Waals surface area contributed by atoms with Crippen molar-refractivity contribution in [3.05, 3.63) is 54.6 Å². The topological polar surface area (TPSA) is 9.23 Å². The molecule has 1 nitrogen and oxygen atoms in total. The summed E-state index contributed by atoms with van der Waals surface area (Å²) in [5.41, 5.74) is 0. The standard InChI is InChI=1S/C18H17O/c1-2-3-12-19-18-16-10-6-4-8-14(16)13-15-9-5-7-11-17(15)18/h4-6,8-11,13H,2-3,12H2,1H3. The van der Waals surface area contributed by atoms with Crippen molar-refractivity contribution in [3.63, 3.8) is 0 Å². The molecule has 0 atom stereocenters. The SMILES string of the molecule is CCCCOc1c2c[c]ccc2cc2ccccc12. The molecule has 0 aliphatic carbocycles. The van der Waals surface area contributed by atoms with E-state index in [-0.39, 0.29) is 0 Å². The summed E-state index contributed by atoms with van der Waals surface area (Å²) >= 11 is 0. The van der Waals surface area contributed by atoms with Gasteiger partial charge in [-0.05, 0) is 35.4 Å². The maximum Gasteiger partial charge on any atom is 0.134 e. The van der Waals surface area contributed by atoms with Gasteiger partial charge in [0.25, 0.3) is 0 Å². The largest absolute Gasteiger partial charge is 0.492 e. The summed E-state index contributed by atoms with van der Waals surface area (Å²) in [6.07, 6.45) is 2.23. The van der Waals surface area contributed by atoms with Crippen molar-refractivity contribution in [1.29, 1.82) is 0 Å². The highest BCUT2D eigenvalue weighted by Gasteiger charge is 2.07. The molecule has 0 fully saturated rings. The highest BCUT2D eigenvalue weighted by molar-refractivity contribution is 6.05. The molecule has 0 heterocycles. The lowest BCUT2D eigenvalue weighted by Gasteiger charge is -2.12. The summed E-state index contributed by atoms with van der Waals surface area (Å²) < 4.78 is 6.05. The molecule has 0 aromatic heterocycles. The Morgan fingerprint density at radius 3 is 2.79 bits per heavy atom. The Morgan fingerprint density at radius 1 is 1.05 bits per heavy atom. The first-order valence-electron chi connectivity index (χ1n) is 6.84. The summed E-state index contributed by atoms with van der Waals surface area (Å²) in [5, 5.41) is 4.78. The van der Waals surface area contributed by atoms with E-state index in [1.807, 2.05) is 12.1 Å². The molecule has 0 N–H and O–H groups in total. The Kier molecular flexibility index (Phi) is 3.37. The average molecular weight is 249 g/mol. The van der Waals surface area contributed by atoms with Gasteiger partial charge in [0.05, 0.1) is 6.61 Å². The Hall–Kier alpha value is -2.02. The molecule has 0 spiro atoms. The van der Waals surface area contributed by atoms with Crippen LogP contribution in [0.25, 0.3) is 21.5 Å². The molecule has 1 heteroatoms. The van der Waals surface area contributed by atoms with Gasteiger partial charge in [0, 0.05) is 10.8 Å². The Bertz CT molecular complexity index is 646. The van der Waals surface area contributed by atoms with Crippen LogP contribution >= 0.6 is 0 Å².